The zero-order chi connectivity index (χ0) is 36.9. The quantitative estimate of drug-likeness (QED) is 0.269. The first kappa shape index (κ1) is 40.3. The number of hydrogen-bond donors (Lipinski definition) is 3. The lowest BCUT2D eigenvalue weighted by Crippen LogP contribution is -2.47. The molecule has 0 bridgehead atoms. The van der Waals surface area contributed by atoms with E-state index in [1.807, 2.05) is 15.9 Å². The number of anilines is 1. The van der Waals surface area contributed by atoms with Crippen molar-refractivity contribution in [2.24, 2.45) is 11.7 Å². The third-order valence-corrected chi connectivity index (χ3v) is 10.4. The van der Waals surface area contributed by atoms with Crippen molar-refractivity contribution in [1.82, 2.24) is 25.1 Å². The molecule has 16 heteroatoms. The van der Waals surface area contributed by atoms with Crippen molar-refractivity contribution in [3.05, 3.63) is 50.4 Å². The summed E-state index contributed by atoms with van der Waals surface area (Å²) in [5.74, 6) is -0.356. The number of rotatable bonds is 5. The first-order valence-corrected chi connectivity index (χ1v) is 18.6. The summed E-state index contributed by atoms with van der Waals surface area (Å²) in [6, 6.07) is 5.92. The molecule has 4 N–H and O–H groups in total. The molecule has 0 spiro atoms. The van der Waals surface area contributed by atoms with E-state index in [0.29, 0.717) is 24.3 Å². The maximum Gasteiger partial charge on any atom is 0.317 e. The van der Waals surface area contributed by atoms with Crippen LogP contribution in [0.15, 0.2) is 12.1 Å². The number of carbonyl (C=O) groups is 2. The summed E-state index contributed by atoms with van der Waals surface area (Å²) in [7, 11) is 0. The zero-order valence-corrected chi connectivity index (χ0v) is 30.7. The second kappa shape index (κ2) is 19.9. The van der Waals surface area contributed by atoms with E-state index in [-0.39, 0.29) is 50.5 Å². The van der Waals surface area contributed by atoms with Gasteiger partial charge in [-0.2, -0.15) is 10.5 Å². The first-order valence-electron chi connectivity index (χ1n) is 17.5. The molecule has 11 nitrogen and oxygen atoms in total. The third kappa shape index (κ3) is 12.3. The Balaban J connectivity index is 0.000000190. The monoisotopic (exact) mass is 765 g/mol. The van der Waals surface area contributed by atoms with Gasteiger partial charge in [-0.1, -0.05) is 41.2 Å². The largest absolute Gasteiger partial charge is 0.365 e. The fourth-order valence-corrected chi connectivity index (χ4v) is 7.41. The molecular formula is C35H44Cl3F2N9O2. The molecule has 2 aliphatic carbocycles. The molecule has 3 amide bonds. The summed E-state index contributed by atoms with van der Waals surface area (Å²) in [5.41, 5.74) is 5.93. The van der Waals surface area contributed by atoms with E-state index >= 15 is 0 Å². The van der Waals surface area contributed by atoms with E-state index in [9.17, 15) is 18.4 Å². The van der Waals surface area contributed by atoms with Crippen molar-refractivity contribution in [3.63, 3.8) is 0 Å². The minimum Gasteiger partial charge on any atom is -0.365 e. The maximum atomic E-state index is 14.1. The predicted octanol–water partition coefficient (Wildman–Crippen LogP) is 7.19. The van der Waals surface area contributed by atoms with Crippen molar-refractivity contribution in [1.29, 1.82) is 10.5 Å². The van der Waals surface area contributed by atoms with Gasteiger partial charge in [0, 0.05) is 50.7 Å². The molecule has 276 valence electrons. The first-order chi connectivity index (χ1) is 24.5. The van der Waals surface area contributed by atoms with Crippen LogP contribution < -0.4 is 16.4 Å². The second-order valence-corrected chi connectivity index (χ2v) is 14.5. The van der Waals surface area contributed by atoms with Crippen molar-refractivity contribution in [2.75, 3.05) is 31.5 Å². The summed E-state index contributed by atoms with van der Waals surface area (Å²) in [5, 5.41) is 22.9. The number of hydrogen-bond acceptors (Lipinski definition) is 8. The fourth-order valence-electron chi connectivity index (χ4n) is 6.86. The highest BCUT2D eigenvalue weighted by molar-refractivity contribution is 6.33. The number of nitrogens with zero attached hydrogens (tertiary/aromatic N) is 6. The normalized spacial score (nSPS) is 22.7. The Labute approximate surface area is 312 Å². The predicted molar refractivity (Wildman–Crippen MR) is 192 cm³/mol. The van der Waals surface area contributed by atoms with Gasteiger partial charge in [0.1, 0.15) is 22.4 Å². The molecule has 2 saturated carbocycles. The standard InChI is InChI=1S/C17H21ClFN5O.C12H22N2O.C6HCl2FN2/c18-15-11(10-20)8-14(19)16(23-15)21-12-4-3-5-13(9-12)22-17(25)24-6-1-2-7-24;13-11-5-3-4-10(8-11)9-12(15)14-6-1-2-7-14;7-5-3(2-10)1-4(9)6(8)11-5/h8,12-13H,1-7,9H2,(H,21,23)(H,22,25);10-11H,1-9,13H2;1H/t12-,13-;10-,11+;/m11./s1. The molecule has 51 heavy (non-hydrogen) atoms. The lowest BCUT2D eigenvalue weighted by molar-refractivity contribution is -0.131. The van der Waals surface area contributed by atoms with Crippen LogP contribution in [0, 0.1) is 40.2 Å². The highest BCUT2D eigenvalue weighted by Crippen LogP contribution is 2.28. The Bertz CT molecular complexity index is 1590. The van der Waals surface area contributed by atoms with Crippen LogP contribution in [0.3, 0.4) is 0 Å². The van der Waals surface area contributed by atoms with Gasteiger partial charge in [0.2, 0.25) is 5.91 Å². The molecule has 2 aliphatic heterocycles. The van der Waals surface area contributed by atoms with Gasteiger partial charge in [-0.25, -0.2) is 23.5 Å². The number of halogens is 5. The Morgan fingerprint density at radius 3 is 1.98 bits per heavy atom. The minimum atomic E-state index is -0.743. The zero-order valence-electron chi connectivity index (χ0n) is 28.5. The Hall–Kier alpha value is -3.49. The Morgan fingerprint density at radius 1 is 0.784 bits per heavy atom. The minimum absolute atomic E-state index is 0.00336. The van der Waals surface area contributed by atoms with Gasteiger partial charge in [-0.05, 0) is 88.7 Å². The molecule has 4 fully saturated rings. The van der Waals surface area contributed by atoms with Crippen molar-refractivity contribution in [3.8, 4) is 12.1 Å². The third-order valence-electron chi connectivity index (χ3n) is 9.54. The highest BCUT2D eigenvalue weighted by atomic mass is 35.5. The van der Waals surface area contributed by atoms with Crippen LogP contribution in [-0.2, 0) is 4.79 Å². The van der Waals surface area contributed by atoms with Gasteiger partial charge >= 0.3 is 6.03 Å². The second-order valence-electron chi connectivity index (χ2n) is 13.4. The topological polar surface area (TPSA) is 164 Å². The van der Waals surface area contributed by atoms with Crippen molar-refractivity contribution < 1.29 is 18.4 Å². The average Bonchev–Trinajstić information content (AvgIpc) is 3.85. The van der Waals surface area contributed by atoms with E-state index in [2.05, 4.69) is 20.6 Å². The number of urea groups is 1. The fraction of sp³-hybridized carbons (Fsp3) is 0.600. The molecule has 4 heterocycles. The van der Waals surface area contributed by atoms with Crippen LogP contribution in [-0.4, -0.2) is 76.0 Å². The summed E-state index contributed by atoms with van der Waals surface area (Å²) < 4.78 is 26.6. The number of carbonyl (C=O) groups excluding carboxylic acids is 2. The van der Waals surface area contributed by atoms with Gasteiger partial charge in [-0.3, -0.25) is 4.79 Å². The van der Waals surface area contributed by atoms with Gasteiger partial charge in [0.25, 0.3) is 0 Å². The smallest absolute Gasteiger partial charge is 0.317 e. The van der Waals surface area contributed by atoms with Crippen LogP contribution >= 0.6 is 34.8 Å². The van der Waals surface area contributed by atoms with Crippen LogP contribution in [0.5, 0.6) is 0 Å². The number of nitrogens with one attached hydrogen (secondary N) is 2. The summed E-state index contributed by atoms with van der Waals surface area (Å²) >= 11 is 16.6. The van der Waals surface area contributed by atoms with Gasteiger partial charge in [0.15, 0.2) is 22.6 Å². The summed E-state index contributed by atoms with van der Waals surface area (Å²) in [6.07, 6.45) is 13.3. The average molecular weight is 767 g/mol. The molecule has 2 saturated heterocycles. The van der Waals surface area contributed by atoms with Gasteiger partial charge in [-0.15, -0.1) is 0 Å². The highest BCUT2D eigenvalue weighted by Gasteiger charge is 2.28. The van der Waals surface area contributed by atoms with Crippen LogP contribution in [0.1, 0.15) is 94.6 Å². The molecule has 2 aromatic rings. The molecule has 0 radical (unpaired) electrons. The number of pyridine rings is 2. The van der Waals surface area contributed by atoms with E-state index in [4.69, 9.17) is 51.1 Å². The molecule has 2 aromatic heterocycles. The van der Waals surface area contributed by atoms with Crippen LogP contribution in [0.25, 0.3) is 0 Å². The number of nitriles is 2. The Kier molecular flexibility index (Phi) is 15.7. The van der Waals surface area contributed by atoms with Crippen molar-refractivity contribution in [2.45, 2.75) is 102 Å². The number of likely N-dealkylation sites (tertiary alicyclic amines) is 2. The molecule has 4 aliphatic rings. The number of aromatic nitrogens is 2. The molecule has 0 aromatic carbocycles. The lowest BCUT2D eigenvalue weighted by Gasteiger charge is -2.32. The summed E-state index contributed by atoms with van der Waals surface area (Å²) in [6.45, 7) is 3.60. The molecule has 6 rings (SSSR count). The molecular weight excluding hydrogens is 723 g/mol. The van der Waals surface area contributed by atoms with E-state index in [0.717, 1.165) is 89.7 Å². The number of nitrogens with two attached hydrogens (primary N) is 1. The molecule has 0 unspecified atom stereocenters. The van der Waals surface area contributed by atoms with E-state index in [1.54, 1.807) is 6.07 Å². The maximum absolute atomic E-state index is 14.1. The van der Waals surface area contributed by atoms with Gasteiger partial charge in [0.05, 0.1) is 11.1 Å². The number of amides is 3. The van der Waals surface area contributed by atoms with Gasteiger partial charge < -0.3 is 26.2 Å². The Morgan fingerprint density at radius 2 is 1.35 bits per heavy atom. The van der Waals surface area contributed by atoms with E-state index < -0.39 is 11.6 Å². The van der Waals surface area contributed by atoms with Crippen LogP contribution in [0.4, 0.5) is 19.4 Å². The SMILES string of the molecule is N#Cc1cc(F)c(Cl)nc1Cl.N#Cc1cc(F)c(N[C@@H]2CCC[C@@H](NC(=O)N3CCCC3)C2)nc1Cl.N[C@H]1CCC[C@@H](CC(=O)N2CCCC2)C1. The van der Waals surface area contributed by atoms with E-state index in [1.165, 1.54) is 25.7 Å². The molecule has 4 atom stereocenters. The summed E-state index contributed by atoms with van der Waals surface area (Å²) in [4.78, 5) is 35.3. The van der Waals surface area contributed by atoms with Crippen LogP contribution in [0.2, 0.25) is 15.5 Å². The lowest BCUT2D eigenvalue weighted by atomic mass is 9.84. The van der Waals surface area contributed by atoms with Crippen molar-refractivity contribution >= 4 is 52.6 Å².